The Morgan fingerprint density at radius 3 is 1.19 bits per heavy atom. The number of ketones is 4. The zero-order valence-electron chi connectivity index (χ0n) is 29.3. The van der Waals surface area contributed by atoms with Crippen molar-refractivity contribution in [3.63, 3.8) is 0 Å². The van der Waals surface area contributed by atoms with E-state index in [0.29, 0.717) is 33.4 Å². The molecule has 0 amide bonds. The van der Waals surface area contributed by atoms with Crippen LogP contribution in [0.3, 0.4) is 0 Å². The normalized spacial score (nSPS) is 20.7. The molecule has 5 aromatic rings. The summed E-state index contributed by atoms with van der Waals surface area (Å²) in [6.45, 7) is 0. The topological polar surface area (TPSA) is 68.3 Å². The third-order valence-electron chi connectivity index (χ3n) is 13.4. The van der Waals surface area contributed by atoms with Gasteiger partial charge in [0.25, 0.3) is 0 Å². The van der Waals surface area contributed by atoms with Gasteiger partial charge >= 0.3 is 0 Å². The Morgan fingerprint density at radius 2 is 0.830 bits per heavy atom. The van der Waals surface area contributed by atoms with E-state index in [4.69, 9.17) is 0 Å². The van der Waals surface area contributed by atoms with Crippen molar-refractivity contribution in [3.8, 4) is 0 Å². The molecule has 0 radical (unpaired) electrons. The first-order valence-corrected chi connectivity index (χ1v) is 20.0. The molecule has 0 N–H and O–H groups in total. The molecule has 5 heteroatoms. The van der Waals surface area contributed by atoms with Crippen LogP contribution in [0, 0.1) is 0 Å². The summed E-state index contributed by atoms with van der Waals surface area (Å²) < 4.78 is 2.48. The quantitative estimate of drug-likeness (QED) is 0.135. The molecular weight excluding hydrogens is 673 g/mol. The first kappa shape index (κ1) is 31.3. The lowest BCUT2D eigenvalue weighted by atomic mass is 9.66. The van der Waals surface area contributed by atoms with E-state index in [0.717, 1.165) is 62.5 Å². The molecule has 6 aliphatic carbocycles. The van der Waals surface area contributed by atoms with E-state index >= 15 is 0 Å². The van der Waals surface area contributed by atoms with Crippen LogP contribution in [0.5, 0.6) is 0 Å². The highest BCUT2D eigenvalue weighted by Gasteiger charge is 2.45. The minimum Gasteiger partial charge on any atom is -0.288 e. The fourth-order valence-electron chi connectivity index (χ4n) is 10.8. The fourth-order valence-corrected chi connectivity index (χ4v) is 12.0. The van der Waals surface area contributed by atoms with Crippen molar-refractivity contribution < 1.29 is 19.2 Å². The van der Waals surface area contributed by atoms with Gasteiger partial charge in [-0.05, 0) is 95.5 Å². The first-order valence-electron chi connectivity index (χ1n) is 19.2. The monoisotopic (exact) mass is 708 g/mol. The second kappa shape index (κ2) is 11.1. The lowest BCUT2D eigenvalue weighted by Gasteiger charge is -2.37. The van der Waals surface area contributed by atoms with Gasteiger partial charge in [-0.1, -0.05) is 99.2 Å². The standard InChI is InChI=1S/C48H36O4S/c49-43-31-11-3-4-12-32(31)44(50)37(43)23-29-19-27-21-41-35(25-39(27)47(29)15-7-1-8-16-47)36-26-40-28(22-42(36)53-41)20-30(48(40)17-9-2-10-18-48)24-38-45(51)33-13-5-6-14-34(33)46(38)52/h3-6,11-14,19-26H,1-2,7-10,15-18H2. The third-order valence-corrected chi connectivity index (χ3v) is 14.5. The van der Waals surface area contributed by atoms with Crippen molar-refractivity contribution in [1.82, 2.24) is 0 Å². The first-order chi connectivity index (χ1) is 25.9. The van der Waals surface area contributed by atoms with Crippen LogP contribution in [0.1, 0.15) is 128 Å². The van der Waals surface area contributed by atoms with Crippen molar-refractivity contribution in [3.05, 3.63) is 152 Å². The molecule has 0 unspecified atom stereocenters. The molecule has 0 bridgehead atoms. The number of rotatable bonds is 2. The lowest BCUT2D eigenvalue weighted by molar-refractivity contribution is 0.0973. The van der Waals surface area contributed by atoms with Crippen molar-refractivity contribution in [2.24, 2.45) is 0 Å². The van der Waals surface area contributed by atoms with Gasteiger partial charge in [-0.3, -0.25) is 19.2 Å². The van der Waals surface area contributed by atoms with Crippen LogP contribution in [0.15, 0.2) is 107 Å². The second-order valence-electron chi connectivity index (χ2n) is 16.0. The Hall–Kier alpha value is -5.26. The summed E-state index contributed by atoms with van der Waals surface area (Å²) in [5.41, 5.74) is 9.40. The molecule has 0 atom stereocenters. The van der Waals surface area contributed by atoms with E-state index in [1.165, 1.54) is 55.3 Å². The zero-order valence-corrected chi connectivity index (χ0v) is 30.2. The summed E-state index contributed by atoms with van der Waals surface area (Å²) in [6, 6.07) is 23.9. The van der Waals surface area contributed by atoms with Crippen LogP contribution in [0.2, 0.25) is 0 Å². The number of hydrogen-bond donors (Lipinski definition) is 0. The Balaban J connectivity index is 1.04. The Labute approximate surface area is 311 Å². The SMILES string of the molecule is O=C1C(=CC2=Cc3cc4sc5cc6c(cc5c4cc3C23CCCCC3)C2(CCCCC2)C(C=C2C(=O)c3ccccc3C2=O)=C6)C(=O)c2ccccc21. The molecule has 2 spiro atoms. The lowest BCUT2D eigenvalue weighted by Crippen LogP contribution is -2.29. The van der Waals surface area contributed by atoms with Crippen LogP contribution in [-0.2, 0) is 10.8 Å². The van der Waals surface area contributed by atoms with Crippen LogP contribution < -0.4 is 0 Å². The summed E-state index contributed by atoms with van der Waals surface area (Å²) in [5, 5.41) is 2.52. The van der Waals surface area contributed by atoms with E-state index in [2.05, 4.69) is 36.4 Å². The number of benzene rings is 4. The highest BCUT2D eigenvalue weighted by atomic mass is 32.1. The molecule has 6 aliphatic rings. The van der Waals surface area contributed by atoms with Gasteiger partial charge in [-0.15, -0.1) is 11.3 Å². The van der Waals surface area contributed by atoms with Gasteiger partial charge in [0.1, 0.15) is 0 Å². The summed E-state index contributed by atoms with van der Waals surface area (Å²) in [6.07, 6.45) is 19.2. The molecule has 11 rings (SSSR count). The Bertz CT molecular complexity index is 2440. The summed E-state index contributed by atoms with van der Waals surface area (Å²) >= 11 is 1.81. The molecule has 2 saturated carbocycles. The third kappa shape index (κ3) is 4.23. The number of thiophene rings is 1. The van der Waals surface area contributed by atoms with Gasteiger partial charge in [-0.2, -0.15) is 0 Å². The van der Waals surface area contributed by atoms with E-state index in [1.54, 1.807) is 24.3 Å². The summed E-state index contributed by atoms with van der Waals surface area (Å²) in [4.78, 5) is 54.0. The highest BCUT2D eigenvalue weighted by Crippen LogP contribution is 2.56. The number of carbonyl (C=O) groups excluding carboxylic acids is 4. The van der Waals surface area contributed by atoms with Crippen molar-refractivity contribution in [2.45, 2.75) is 75.0 Å². The minimum absolute atomic E-state index is 0.166. The summed E-state index contributed by atoms with van der Waals surface area (Å²) in [7, 11) is 0. The van der Waals surface area contributed by atoms with Crippen LogP contribution in [-0.4, -0.2) is 23.1 Å². The predicted octanol–water partition coefficient (Wildman–Crippen LogP) is 11.3. The Morgan fingerprint density at radius 1 is 0.472 bits per heavy atom. The van der Waals surface area contributed by atoms with E-state index < -0.39 is 0 Å². The smallest absolute Gasteiger partial charge is 0.197 e. The van der Waals surface area contributed by atoms with E-state index in [-0.39, 0.29) is 34.0 Å². The maximum absolute atomic E-state index is 13.5. The molecule has 1 heterocycles. The highest BCUT2D eigenvalue weighted by molar-refractivity contribution is 7.25. The maximum atomic E-state index is 13.5. The number of carbonyl (C=O) groups is 4. The molecule has 4 nitrogen and oxygen atoms in total. The van der Waals surface area contributed by atoms with Crippen molar-refractivity contribution in [2.75, 3.05) is 0 Å². The predicted molar refractivity (Wildman–Crippen MR) is 211 cm³/mol. The minimum atomic E-state index is -0.224. The van der Waals surface area contributed by atoms with Crippen molar-refractivity contribution >= 4 is 66.8 Å². The van der Waals surface area contributed by atoms with Crippen LogP contribution in [0.25, 0.3) is 32.3 Å². The number of Topliss-reactive ketones (excluding diaryl/α,β-unsaturated/α-hetero) is 4. The Kier molecular flexibility index (Phi) is 6.57. The molecular formula is C48H36O4S. The number of fused-ring (bicyclic) bond motifs is 9. The van der Waals surface area contributed by atoms with E-state index in [1.807, 2.05) is 47.8 Å². The van der Waals surface area contributed by atoms with Gasteiger partial charge < -0.3 is 0 Å². The van der Waals surface area contributed by atoms with Gasteiger partial charge in [0.15, 0.2) is 23.1 Å². The van der Waals surface area contributed by atoms with E-state index in [9.17, 15) is 19.2 Å². The van der Waals surface area contributed by atoms with Crippen molar-refractivity contribution in [1.29, 1.82) is 0 Å². The number of hydrogen-bond acceptors (Lipinski definition) is 5. The molecule has 0 aliphatic heterocycles. The molecule has 4 aromatic carbocycles. The average Bonchev–Trinajstić information content (AvgIpc) is 3.91. The second-order valence-corrected chi connectivity index (χ2v) is 17.1. The average molecular weight is 709 g/mol. The maximum Gasteiger partial charge on any atom is 0.197 e. The molecule has 2 fully saturated rings. The van der Waals surface area contributed by atoms with Crippen LogP contribution >= 0.6 is 11.3 Å². The zero-order chi connectivity index (χ0) is 35.6. The molecule has 1 aromatic heterocycles. The van der Waals surface area contributed by atoms with Gasteiger partial charge in [-0.25, -0.2) is 0 Å². The fraction of sp³-hybridized carbons (Fsp3) is 0.250. The van der Waals surface area contributed by atoms with Crippen LogP contribution in [0.4, 0.5) is 0 Å². The molecule has 258 valence electrons. The van der Waals surface area contributed by atoms with Gasteiger partial charge in [0, 0.05) is 53.3 Å². The number of allylic oxidation sites excluding steroid dienone is 6. The summed E-state index contributed by atoms with van der Waals surface area (Å²) in [5.74, 6) is -0.664. The molecule has 53 heavy (non-hydrogen) atoms. The van der Waals surface area contributed by atoms with Gasteiger partial charge in [0.05, 0.1) is 11.1 Å². The molecule has 0 saturated heterocycles. The largest absolute Gasteiger partial charge is 0.288 e. The van der Waals surface area contributed by atoms with Gasteiger partial charge in [0.2, 0.25) is 0 Å².